The second kappa shape index (κ2) is 6.05. The van der Waals surface area contributed by atoms with Crippen LogP contribution in [0.1, 0.15) is 52.4 Å². The predicted molar refractivity (Wildman–Crippen MR) is 84.3 cm³/mol. The van der Waals surface area contributed by atoms with Crippen molar-refractivity contribution in [1.82, 2.24) is 4.90 Å². The van der Waals surface area contributed by atoms with E-state index in [-0.39, 0.29) is 23.7 Å². The van der Waals surface area contributed by atoms with Gasteiger partial charge in [-0.1, -0.05) is 24.0 Å². The fraction of sp³-hybridized carbons (Fsp3) is 0.778. The number of carbonyl (C=O) groups is 2. The lowest BCUT2D eigenvalue weighted by molar-refractivity contribution is -0.152. The van der Waals surface area contributed by atoms with E-state index in [1.54, 1.807) is 0 Å². The molecule has 3 fully saturated rings. The van der Waals surface area contributed by atoms with Crippen LogP contribution < -0.4 is 0 Å². The summed E-state index contributed by atoms with van der Waals surface area (Å²) in [6, 6.07) is 0. The Morgan fingerprint density at radius 2 is 1.50 bits per heavy atom. The van der Waals surface area contributed by atoms with E-state index >= 15 is 0 Å². The first-order chi connectivity index (χ1) is 10.5. The SMILES string of the molecule is CC(C)=C1[C@H]2CC[C@H]1[C@@H](C(=O)N1CCCCCC1)[C@H]2C(=O)O. The van der Waals surface area contributed by atoms with Crippen molar-refractivity contribution in [2.24, 2.45) is 23.7 Å². The summed E-state index contributed by atoms with van der Waals surface area (Å²) in [5.41, 5.74) is 2.51. The first kappa shape index (κ1) is 15.6. The van der Waals surface area contributed by atoms with Gasteiger partial charge in [-0.05, 0) is 51.4 Å². The zero-order valence-corrected chi connectivity index (χ0v) is 13.7. The minimum absolute atomic E-state index is 0.0911. The molecule has 4 atom stereocenters. The van der Waals surface area contributed by atoms with Crippen molar-refractivity contribution in [1.29, 1.82) is 0 Å². The Balaban J connectivity index is 1.89. The highest BCUT2D eigenvalue weighted by Crippen LogP contribution is 2.57. The van der Waals surface area contributed by atoms with Crippen molar-refractivity contribution in [2.45, 2.75) is 52.4 Å². The van der Waals surface area contributed by atoms with Crippen LogP contribution in [0.3, 0.4) is 0 Å². The lowest BCUT2D eigenvalue weighted by Gasteiger charge is -2.31. The molecule has 2 saturated carbocycles. The van der Waals surface area contributed by atoms with E-state index in [1.165, 1.54) is 24.0 Å². The van der Waals surface area contributed by atoms with E-state index < -0.39 is 11.9 Å². The van der Waals surface area contributed by atoms with Crippen LogP contribution in [0, 0.1) is 23.7 Å². The second-order valence-electron chi connectivity index (χ2n) is 7.37. The lowest BCUT2D eigenvalue weighted by atomic mass is 9.78. The second-order valence-corrected chi connectivity index (χ2v) is 7.37. The number of carbonyl (C=O) groups excluding carboxylic acids is 1. The van der Waals surface area contributed by atoms with E-state index in [0.29, 0.717) is 0 Å². The molecule has 0 aromatic carbocycles. The molecule has 1 heterocycles. The summed E-state index contributed by atoms with van der Waals surface area (Å²) < 4.78 is 0. The van der Waals surface area contributed by atoms with Gasteiger partial charge >= 0.3 is 5.97 Å². The smallest absolute Gasteiger partial charge is 0.307 e. The molecule has 22 heavy (non-hydrogen) atoms. The average molecular weight is 305 g/mol. The number of nitrogens with zero attached hydrogens (tertiary/aromatic N) is 1. The van der Waals surface area contributed by atoms with E-state index in [2.05, 4.69) is 13.8 Å². The highest BCUT2D eigenvalue weighted by Gasteiger charge is 2.57. The van der Waals surface area contributed by atoms with Gasteiger partial charge in [0.05, 0.1) is 11.8 Å². The van der Waals surface area contributed by atoms with Gasteiger partial charge in [0.1, 0.15) is 0 Å². The van der Waals surface area contributed by atoms with Crippen LogP contribution in [-0.4, -0.2) is 35.0 Å². The van der Waals surface area contributed by atoms with Gasteiger partial charge in [-0.25, -0.2) is 0 Å². The zero-order valence-electron chi connectivity index (χ0n) is 13.7. The van der Waals surface area contributed by atoms with E-state index in [1.807, 2.05) is 4.90 Å². The Bertz CT molecular complexity index is 498. The largest absolute Gasteiger partial charge is 0.481 e. The van der Waals surface area contributed by atoms with E-state index in [0.717, 1.165) is 38.8 Å². The summed E-state index contributed by atoms with van der Waals surface area (Å²) in [5.74, 6) is -1.22. The van der Waals surface area contributed by atoms with Gasteiger partial charge < -0.3 is 10.0 Å². The molecule has 4 heteroatoms. The summed E-state index contributed by atoms with van der Waals surface area (Å²) in [6.07, 6.45) is 6.40. The Labute approximate surface area is 132 Å². The van der Waals surface area contributed by atoms with Crippen LogP contribution in [-0.2, 0) is 9.59 Å². The Morgan fingerprint density at radius 3 is 2.00 bits per heavy atom. The number of carboxylic acid groups (broad SMARTS) is 1. The van der Waals surface area contributed by atoms with Crippen molar-refractivity contribution in [3.05, 3.63) is 11.1 Å². The Kier molecular flexibility index (Phi) is 4.28. The molecule has 1 N–H and O–H groups in total. The highest BCUT2D eigenvalue weighted by molar-refractivity contribution is 5.87. The van der Waals surface area contributed by atoms with Gasteiger partial charge in [0.15, 0.2) is 0 Å². The van der Waals surface area contributed by atoms with Crippen molar-refractivity contribution in [3.8, 4) is 0 Å². The topological polar surface area (TPSA) is 57.6 Å². The number of fused-ring (bicyclic) bond motifs is 2. The molecule has 1 saturated heterocycles. The van der Waals surface area contributed by atoms with Gasteiger partial charge in [0, 0.05) is 13.1 Å². The summed E-state index contributed by atoms with van der Waals surface area (Å²) in [6.45, 7) is 5.75. The number of amides is 1. The number of carboxylic acids is 1. The van der Waals surface area contributed by atoms with Crippen LogP contribution in [0.25, 0.3) is 0 Å². The third-order valence-corrected chi connectivity index (χ3v) is 5.91. The minimum atomic E-state index is -0.779. The maximum Gasteiger partial charge on any atom is 0.307 e. The Morgan fingerprint density at radius 1 is 0.955 bits per heavy atom. The van der Waals surface area contributed by atoms with Gasteiger partial charge in [-0.3, -0.25) is 9.59 Å². The number of allylic oxidation sites excluding steroid dienone is 2. The molecule has 4 nitrogen and oxygen atoms in total. The molecule has 0 radical (unpaired) electrons. The summed E-state index contributed by atoms with van der Waals surface area (Å²) in [7, 11) is 0. The number of hydrogen-bond donors (Lipinski definition) is 1. The summed E-state index contributed by atoms with van der Waals surface area (Å²) >= 11 is 0. The van der Waals surface area contributed by atoms with Crippen molar-refractivity contribution in [3.63, 3.8) is 0 Å². The van der Waals surface area contributed by atoms with Crippen molar-refractivity contribution < 1.29 is 14.7 Å². The number of likely N-dealkylation sites (tertiary alicyclic amines) is 1. The van der Waals surface area contributed by atoms with Crippen LogP contribution in [0.5, 0.6) is 0 Å². The monoisotopic (exact) mass is 305 g/mol. The fourth-order valence-corrected chi connectivity index (χ4v) is 5.09. The fourth-order valence-electron chi connectivity index (χ4n) is 5.09. The molecular formula is C18H27NO3. The molecule has 3 rings (SSSR count). The van der Waals surface area contributed by atoms with E-state index in [9.17, 15) is 14.7 Å². The van der Waals surface area contributed by atoms with Gasteiger partial charge in [-0.2, -0.15) is 0 Å². The van der Waals surface area contributed by atoms with Crippen LogP contribution in [0.15, 0.2) is 11.1 Å². The number of rotatable bonds is 2. The molecule has 0 spiro atoms. The number of hydrogen-bond acceptors (Lipinski definition) is 2. The maximum atomic E-state index is 13.1. The number of aliphatic carboxylic acids is 1. The van der Waals surface area contributed by atoms with Crippen LogP contribution in [0.4, 0.5) is 0 Å². The van der Waals surface area contributed by atoms with Gasteiger partial charge in [-0.15, -0.1) is 0 Å². The molecule has 1 aliphatic heterocycles. The zero-order chi connectivity index (χ0) is 15.9. The summed E-state index contributed by atoms with van der Waals surface area (Å²) in [5, 5.41) is 9.71. The molecule has 1 amide bonds. The minimum Gasteiger partial charge on any atom is -0.481 e. The third kappa shape index (κ3) is 2.46. The van der Waals surface area contributed by atoms with Crippen molar-refractivity contribution in [2.75, 3.05) is 13.1 Å². The average Bonchev–Trinajstić information content (AvgIpc) is 2.90. The first-order valence-electron chi connectivity index (χ1n) is 8.71. The van der Waals surface area contributed by atoms with Crippen LogP contribution >= 0.6 is 0 Å². The van der Waals surface area contributed by atoms with Crippen LogP contribution in [0.2, 0.25) is 0 Å². The standard InChI is InChI=1S/C18H27NO3/c1-11(2)14-12-7-8-13(14)16(18(21)22)15(12)17(20)19-9-5-3-4-6-10-19/h12-13,15-16H,3-10H2,1-2H3,(H,21,22)/t12-,13-,15-,16+/m1/s1. The lowest BCUT2D eigenvalue weighted by Crippen LogP contribution is -2.44. The first-order valence-corrected chi connectivity index (χ1v) is 8.71. The molecule has 3 aliphatic rings. The predicted octanol–water partition coefficient (Wildman–Crippen LogP) is 3.08. The molecule has 122 valence electrons. The molecule has 0 aromatic heterocycles. The van der Waals surface area contributed by atoms with Gasteiger partial charge in [0.25, 0.3) is 0 Å². The maximum absolute atomic E-state index is 13.1. The van der Waals surface area contributed by atoms with E-state index in [4.69, 9.17) is 0 Å². The molecule has 2 aliphatic carbocycles. The molecule has 0 unspecified atom stereocenters. The molecule has 0 aromatic rings. The Hall–Kier alpha value is -1.32. The normalized spacial score (nSPS) is 34.6. The van der Waals surface area contributed by atoms with Gasteiger partial charge in [0.2, 0.25) is 5.91 Å². The quantitative estimate of drug-likeness (QED) is 0.798. The molecular weight excluding hydrogens is 278 g/mol. The highest BCUT2D eigenvalue weighted by atomic mass is 16.4. The third-order valence-electron chi connectivity index (χ3n) is 5.91. The van der Waals surface area contributed by atoms with Crippen molar-refractivity contribution >= 4 is 11.9 Å². The molecule has 2 bridgehead atoms. The summed E-state index contributed by atoms with van der Waals surface area (Å²) in [4.78, 5) is 26.9.